The average Bonchev–Trinajstić information content (AvgIpc) is 2.55. The van der Waals surface area contributed by atoms with Crippen molar-refractivity contribution in [2.24, 2.45) is 0 Å². The Kier molecular flexibility index (Phi) is 5.49. The van der Waals surface area contributed by atoms with Gasteiger partial charge in [-0.1, -0.05) is 48.5 Å². The van der Waals surface area contributed by atoms with Gasteiger partial charge < -0.3 is 4.74 Å². The van der Waals surface area contributed by atoms with Crippen LogP contribution < -0.4 is 4.90 Å². The average molecular weight is 337 g/mol. The van der Waals surface area contributed by atoms with Gasteiger partial charge in [-0.15, -0.1) is 0 Å². The zero-order valence-electron chi connectivity index (χ0n) is 13.4. The van der Waals surface area contributed by atoms with Gasteiger partial charge in [0.05, 0.1) is 12.3 Å². The van der Waals surface area contributed by atoms with E-state index in [0.29, 0.717) is 11.1 Å². The van der Waals surface area contributed by atoms with Crippen molar-refractivity contribution >= 4 is 11.7 Å². The highest BCUT2D eigenvalue weighted by atomic mass is 19.4. The molecule has 2 rings (SSSR count). The lowest BCUT2D eigenvalue weighted by Crippen LogP contribution is -2.49. The highest BCUT2D eigenvalue weighted by molar-refractivity contribution is 5.85. The van der Waals surface area contributed by atoms with Gasteiger partial charge in [0, 0.05) is 5.56 Å². The molecule has 0 bridgehead atoms. The quantitative estimate of drug-likeness (QED) is 0.588. The third-order valence-electron chi connectivity index (χ3n) is 3.54. The van der Waals surface area contributed by atoms with E-state index in [-0.39, 0.29) is 17.2 Å². The lowest BCUT2D eigenvalue weighted by atomic mass is 10.0. The van der Waals surface area contributed by atoms with E-state index in [1.807, 2.05) is 0 Å². The molecule has 24 heavy (non-hydrogen) atoms. The Hall–Kier alpha value is -2.50. The summed E-state index contributed by atoms with van der Waals surface area (Å²) in [4.78, 5) is 12.0. The van der Waals surface area contributed by atoms with E-state index >= 15 is 0 Å². The summed E-state index contributed by atoms with van der Waals surface area (Å²) in [5.41, 5.74) is 0.946. The van der Waals surface area contributed by atoms with Crippen LogP contribution in [0.2, 0.25) is 0 Å². The maximum absolute atomic E-state index is 13.7. The third kappa shape index (κ3) is 3.88. The Morgan fingerprint density at radius 2 is 1.67 bits per heavy atom. The molecule has 0 amide bonds. The van der Waals surface area contributed by atoms with E-state index in [2.05, 4.69) is 0 Å². The molecule has 0 aliphatic carbocycles. The number of halogens is 3. The number of hydrogen-bond donors (Lipinski definition) is 0. The van der Waals surface area contributed by atoms with Crippen molar-refractivity contribution < 1.29 is 22.7 Å². The Labute approximate surface area is 138 Å². The fraction of sp³-hybridized carbons (Fsp3) is 0.278. The summed E-state index contributed by atoms with van der Waals surface area (Å²) >= 11 is 0. The summed E-state index contributed by atoms with van der Waals surface area (Å²) in [5, 5.41) is 0. The standard InChI is InChI=1S/C18H18F3NO2/c1-3-24-17(23)13(2)22(18(19,20)21)16-12-8-7-11-15(16)14-9-5-4-6-10-14/h4-13H,3H2,1-2H3/t13-/m0/s1. The molecule has 0 unspecified atom stereocenters. The van der Waals surface area contributed by atoms with E-state index in [0.717, 1.165) is 0 Å². The predicted molar refractivity (Wildman–Crippen MR) is 86.5 cm³/mol. The van der Waals surface area contributed by atoms with Gasteiger partial charge in [-0.05, 0) is 25.5 Å². The molecule has 2 aromatic rings. The third-order valence-corrected chi connectivity index (χ3v) is 3.54. The van der Waals surface area contributed by atoms with Crippen molar-refractivity contribution in [3.8, 4) is 11.1 Å². The topological polar surface area (TPSA) is 29.5 Å². The molecular weight excluding hydrogens is 319 g/mol. The van der Waals surface area contributed by atoms with Gasteiger partial charge in [0.1, 0.15) is 6.04 Å². The molecule has 0 radical (unpaired) electrons. The maximum atomic E-state index is 13.7. The van der Waals surface area contributed by atoms with Crippen molar-refractivity contribution in [3.05, 3.63) is 54.6 Å². The first-order valence-corrected chi connectivity index (χ1v) is 7.53. The molecule has 0 aliphatic rings. The fourth-order valence-electron chi connectivity index (χ4n) is 2.48. The summed E-state index contributed by atoms with van der Waals surface area (Å²) in [7, 11) is 0. The first-order chi connectivity index (χ1) is 11.4. The predicted octanol–water partition coefficient (Wildman–Crippen LogP) is 4.63. The van der Waals surface area contributed by atoms with Gasteiger partial charge in [-0.3, -0.25) is 4.90 Å². The van der Waals surface area contributed by atoms with Gasteiger partial charge in [0.15, 0.2) is 0 Å². The normalized spacial score (nSPS) is 12.5. The highest BCUT2D eigenvalue weighted by Crippen LogP contribution is 2.38. The van der Waals surface area contributed by atoms with E-state index in [9.17, 15) is 18.0 Å². The van der Waals surface area contributed by atoms with Crippen molar-refractivity contribution in [1.29, 1.82) is 0 Å². The van der Waals surface area contributed by atoms with Crippen LogP contribution in [0.4, 0.5) is 18.9 Å². The Morgan fingerprint density at radius 1 is 1.08 bits per heavy atom. The van der Waals surface area contributed by atoms with E-state index in [4.69, 9.17) is 4.74 Å². The zero-order chi connectivity index (χ0) is 17.7. The molecule has 0 fully saturated rings. The van der Waals surface area contributed by atoms with Crippen molar-refractivity contribution in [2.45, 2.75) is 26.2 Å². The molecule has 0 saturated heterocycles. The molecule has 0 N–H and O–H groups in total. The Morgan fingerprint density at radius 3 is 2.25 bits per heavy atom. The minimum Gasteiger partial charge on any atom is -0.464 e. The minimum absolute atomic E-state index is 0.0230. The van der Waals surface area contributed by atoms with Gasteiger partial charge >= 0.3 is 12.3 Å². The molecule has 128 valence electrons. The van der Waals surface area contributed by atoms with Crippen molar-refractivity contribution in [3.63, 3.8) is 0 Å². The van der Waals surface area contributed by atoms with Gasteiger partial charge in [-0.25, -0.2) is 4.79 Å². The molecule has 0 spiro atoms. The summed E-state index contributed by atoms with van der Waals surface area (Å²) in [6, 6.07) is 13.4. The van der Waals surface area contributed by atoms with Crippen LogP contribution in [-0.4, -0.2) is 24.9 Å². The molecule has 0 heterocycles. The van der Waals surface area contributed by atoms with Crippen LogP contribution in [0.5, 0.6) is 0 Å². The molecule has 3 nitrogen and oxygen atoms in total. The number of hydrogen-bond acceptors (Lipinski definition) is 3. The molecule has 1 atom stereocenters. The van der Waals surface area contributed by atoms with Crippen molar-refractivity contribution in [2.75, 3.05) is 11.5 Å². The van der Waals surface area contributed by atoms with Crippen LogP contribution in [0.3, 0.4) is 0 Å². The Bertz CT molecular complexity index is 686. The molecule has 0 aliphatic heterocycles. The number of esters is 1. The molecule has 2 aromatic carbocycles. The molecule has 0 aromatic heterocycles. The van der Waals surface area contributed by atoms with Crippen molar-refractivity contribution in [1.82, 2.24) is 0 Å². The van der Waals surface area contributed by atoms with Gasteiger partial charge in [0.25, 0.3) is 0 Å². The number of anilines is 1. The number of carbonyl (C=O) groups is 1. The van der Waals surface area contributed by atoms with E-state index in [1.54, 1.807) is 49.4 Å². The molecule has 6 heteroatoms. The van der Waals surface area contributed by atoms with E-state index < -0.39 is 18.3 Å². The lowest BCUT2D eigenvalue weighted by Gasteiger charge is -2.32. The number of nitrogens with zero attached hydrogens (tertiary/aromatic N) is 1. The largest absolute Gasteiger partial charge is 0.485 e. The van der Waals surface area contributed by atoms with Gasteiger partial charge in [0.2, 0.25) is 0 Å². The van der Waals surface area contributed by atoms with Gasteiger partial charge in [-0.2, -0.15) is 13.2 Å². The monoisotopic (exact) mass is 337 g/mol. The number of benzene rings is 2. The summed E-state index contributed by atoms with van der Waals surface area (Å²) < 4.78 is 45.8. The van der Waals surface area contributed by atoms with Crippen LogP contribution in [0, 0.1) is 0 Å². The number of alkyl halides is 3. The Balaban J connectivity index is 2.54. The fourth-order valence-corrected chi connectivity index (χ4v) is 2.48. The summed E-state index contributed by atoms with van der Waals surface area (Å²) in [6.45, 7) is 2.77. The zero-order valence-corrected chi connectivity index (χ0v) is 13.4. The molecule has 0 saturated carbocycles. The highest BCUT2D eigenvalue weighted by Gasteiger charge is 2.44. The number of ether oxygens (including phenoxy) is 1. The van der Waals surface area contributed by atoms with Crippen LogP contribution in [0.15, 0.2) is 54.6 Å². The number of rotatable bonds is 5. The maximum Gasteiger partial charge on any atom is 0.485 e. The second-order valence-corrected chi connectivity index (χ2v) is 5.15. The number of carbonyl (C=O) groups excluding carboxylic acids is 1. The smallest absolute Gasteiger partial charge is 0.464 e. The summed E-state index contributed by atoms with van der Waals surface area (Å²) in [5.74, 6) is -0.919. The second-order valence-electron chi connectivity index (χ2n) is 5.15. The minimum atomic E-state index is -4.73. The lowest BCUT2D eigenvalue weighted by molar-refractivity contribution is -0.157. The van der Waals surface area contributed by atoms with Crippen LogP contribution in [0.1, 0.15) is 13.8 Å². The van der Waals surface area contributed by atoms with Crippen LogP contribution >= 0.6 is 0 Å². The second kappa shape index (κ2) is 7.38. The molecular formula is C18H18F3NO2. The SMILES string of the molecule is CCOC(=O)[C@H](C)N(c1ccccc1-c1ccccc1)C(F)(F)F. The van der Waals surface area contributed by atoms with Crippen LogP contribution in [0.25, 0.3) is 11.1 Å². The summed E-state index contributed by atoms with van der Waals surface area (Å²) in [6.07, 6.45) is -4.73. The van der Waals surface area contributed by atoms with Crippen LogP contribution in [-0.2, 0) is 9.53 Å². The first-order valence-electron chi connectivity index (χ1n) is 7.53. The number of para-hydroxylation sites is 1. The first kappa shape index (κ1) is 17.8. The van der Waals surface area contributed by atoms with E-state index in [1.165, 1.54) is 19.1 Å².